The predicted octanol–water partition coefficient (Wildman–Crippen LogP) is 3.27. The molecular weight excluding hydrogens is 592 g/mol. The number of hydrogen-bond acceptors (Lipinski definition) is 7. The molecule has 0 spiro atoms. The van der Waals surface area contributed by atoms with E-state index in [1.807, 2.05) is 6.92 Å². The van der Waals surface area contributed by atoms with Crippen molar-refractivity contribution in [3.63, 3.8) is 0 Å². The molecule has 6 amide bonds. The summed E-state index contributed by atoms with van der Waals surface area (Å²) in [5, 5.41) is 13.7. The largest absolute Gasteiger partial charge is 0.460 e. The number of urea groups is 1. The van der Waals surface area contributed by atoms with E-state index in [1.165, 1.54) is 0 Å². The summed E-state index contributed by atoms with van der Waals surface area (Å²) in [7, 11) is 0. The number of benzene rings is 1. The zero-order valence-electron chi connectivity index (χ0n) is 28.3. The smallest absolute Gasteiger partial charge is 0.312 e. The molecule has 0 aliphatic carbocycles. The molecule has 0 fully saturated rings. The molecule has 13 nitrogen and oxygen atoms in total. The van der Waals surface area contributed by atoms with Crippen LogP contribution in [0.1, 0.15) is 98.5 Å². The van der Waals surface area contributed by atoms with Gasteiger partial charge in [0.2, 0.25) is 23.6 Å². The maximum Gasteiger partial charge on any atom is 0.312 e. The van der Waals surface area contributed by atoms with Gasteiger partial charge >= 0.3 is 12.0 Å². The molecule has 1 aromatic carbocycles. The van der Waals surface area contributed by atoms with E-state index < -0.39 is 35.3 Å². The topological polar surface area (TPSA) is 198 Å². The summed E-state index contributed by atoms with van der Waals surface area (Å²) in [6, 6.07) is 4.27. The van der Waals surface area contributed by atoms with Crippen LogP contribution < -0.4 is 32.3 Å². The van der Waals surface area contributed by atoms with Gasteiger partial charge in [-0.25, -0.2) is 4.79 Å². The van der Waals surface area contributed by atoms with Crippen LogP contribution in [0.3, 0.4) is 0 Å². The number of rotatable bonds is 20. The number of ether oxygens (including phenoxy) is 1. The van der Waals surface area contributed by atoms with Crippen molar-refractivity contribution in [2.45, 2.75) is 112 Å². The standard InChI is InChI=1S/C33H54N6O7/c1-7-12-26(40)35-19-10-8-9-14-27(41)39-28(22(2)3)30(43)38-25(13-11-20-36-32(34)45)29(42)37-24-17-15-23(16-18-24)21-46-31(44)33(4,5)6/h15-18,22,25,28H,7-14,19-21H2,1-6H3,(H,35,40)(H,37,42)(H,38,43)(H,39,41)(H3,34,36,45)/t25-,28-/m0/s1. The molecule has 0 aromatic heterocycles. The molecule has 0 unspecified atom stereocenters. The van der Waals surface area contributed by atoms with E-state index in [0.717, 1.165) is 24.8 Å². The van der Waals surface area contributed by atoms with Crippen LogP contribution in [-0.2, 0) is 35.3 Å². The van der Waals surface area contributed by atoms with E-state index in [9.17, 15) is 28.8 Å². The first-order valence-corrected chi connectivity index (χ1v) is 16.1. The molecule has 2 atom stereocenters. The number of carbonyl (C=O) groups excluding carboxylic acids is 6. The van der Waals surface area contributed by atoms with Gasteiger partial charge < -0.3 is 37.1 Å². The number of carbonyl (C=O) groups is 6. The summed E-state index contributed by atoms with van der Waals surface area (Å²) in [5.74, 6) is -1.80. The minimum Gasteiger partial charge on any atom is -0.460 e. The number of primary amides is 1. The van der Waals surface area contributed by atoms with Crippen LogP contribution in [-0.4, -0.2) is 60.8 Å². The second-order valence-corrected chi connectivity index (χ2v) is 12.7. The van der Waals surface area contributed by atoms with Gasteiger partial charge in [-0.1, -0.05) is 39.3 Å². The molecule has 1 rings (SSSR count). The van der Waals surface area contributed by atoms with Gasteiger partial charge in [0.05, 0.1) is 5.41 Å². The summed E-state index contributed by atoms with van der Waals surface area (Å²) in [4.78, 5) is 74.0. The zero-order valence-corrected chi connectivity index (χ0v) is 28.3. The highest BCUT2D eigenvalue weighted by Gasteiger charge is 2.29. The summed E-state index contributed by atoms with van der Waals surface area (Å²) < 4.78 is 5.33. The minimum atomic E-state index is -0.962. The predicted molar refractivity (Wildman–Crippen MR) is 176 cm³/mol. The Kier molecular flexibility index (Phi) is 18.0. The number of unbranched alkanes of at least 4 members (excludes halogenated alkanes) is 2. The Labute approximate surface area is 272 Å². The third-order valence-corrected chi connectivity index (χ3v) is 6.95. The van der Waals surface area contributed by atoms with E-state index in [1.54, 1.807) is 58.9 Å². The molecule has 0 radical (unpaired) electrons. The van der Waals surface area contributed by atoms with Gasteiger partial charge in [0.25, 0.3) is 0 Å². The number of nitrogens with one attached hydrogen (secondary N) is 5. The Balaban J connectivity index is 2.78. The van der Waals surface area contributed by atoms with Crippen molar-refractivity contribution in [1.82, 2.24) is 21.3 Å². The first kappa shape index (κ1) is 39.9. The maximum atomic E-state index is 13.3. The van der Waals surface area contributed by atoms with Gasteiger partial charge in [0.1, 0.15) is 18.7 Å². The summed E-state index contributed by atoms with van der Waals surface area (Å²) >= 11 is 0. The lowest BCUT2D eigenvalue weighted by Crippen LogP contribution is -2.54. The Morgan fingerprint density at radius 2 is 1.46 bits per heavy atom. The van der Waals surface area contributed by atoms with Crippen LogP contribution in [0.2, 0.25) is 0 Å². The lowest BCUT2D eigenvalue weighted by Gasteiger charge is -2.25. The van der Waals surface area contributed by atoms with Crippen molar-refractivity contribution in [1.29, 1.82) is 0 Å². The fourth-order valence-electron chi connectivity index (χ4n) is 4.24. The Morgan fingerprint density at radius 3 is 2.04 bits per heavy atom. The van der Waals surface area contributed by atoms with Crippen LogP contribution in [0.15, 0.2) is 24.3 Å². The molecule has 258 valence electrons. The molecule has 1 aromatic rings. The van der Waals surface area contributed by atoms with Crippen molar-refractivity contribution in [3.8, 4) is 0 Å². The van der Waals surface area contributed by atoms with E-state index in [-0.39, 0.29) is 49.7 Å². The van der Waals surface area contributed by atoms with E-state index >= 15 is 0 Å². The van der Waals surface area contributed by atoms with Crippen LogP contribution in [0, 0.1) is 11.3 Å². The average Bonchev–Trinajstić information content (AvgIpc) is 2.97. The lowest BCUT2D eigenvalue weighted by atomic mass is 9.97. The van der Waals surface area contributed by atoms with Crippen LogP contribution in [0.5, 0.6) is 0 Å². The average molecular weight is 647 g/mol. The number of esters is 1. The SMILES string of the molecule is CCCC(=O)NCCCCCC(=O)N[C@H](C(=O)N[C@@H](CCCNC(N)=O)C(=O)Nc1ccc(COC(=O)C(C)(C)C)cc1)C(C)C. The molecule has 46 heavy (non-hydrogen) atoms. The normalized spacial score (nSPS) is 12.4. The van der Waals surface area contributed by atoms with Gasteiger partial charge in [-0.3, -0.25) is 24.0 Å². The van der Waals surface area contributed by atoms with Crippen molar-refractivity contribution in [2.75, 3.05) is 18.4 Å². The number of anilines is 1. The fourth-order valence-corrected chi connectivity index (χ4v) is 4.24. The molecule has 7 N–H and O–H groups in total. The molecule has 0 aliphatic rings. The second kappa shape index (κ2) is 20.8. The Bertz CT molecular complexity index is 1150. The highest BCUT2D eigenvalue weighted by molar-refractivity contribution is 5.98. The summed E-state index contributed by atoms with van der Waals surface area (Å²) in [6.45, 7) is 11.7. The molecular formula is C33H54N6O7. The lowest BCUT2D eigenvalue weighted by molar-refractivity contribution is -0.154. The van der Waals surface area contributed by atoms with Gasteiger partial charge in [-0.2, -0.15) is 0 Å². The van der Waals surface area contributed by atoms with Crippen molar-refractivity contribution < 1.29 is 33.5 Å². The summed E-state index contributed by atoms with van der Waals surface area (Å²) in [5.41, 5.74) is 5.74. The molecule has 0 saturated heterocycles. The first-order valence-electron chi connectivity index (χ1n) is 16.1. The van der Waals surface area contributed by atoms with Crippen molar-refractivity contribution in [3.05, 3.63) is 29.8 Å². The molecule has 0 heterocycles. The van der Waals surface area contributed by atoms with Crippen LogP contribution in [0.4, 0.5) is 10.5 Å². The second-order valence-electron chi connectivity index (χ2n) is 12.7. The van der Waals surface area contributed by atoms with Gasteiger partial charge in [0, 0.05) is 31.6 Å². The summed E-state index contributed by atoms with van der Waals surface area (Å²) in [6.07, 6.45) is 4.20. The highest BCUT2D eigenvalue weighted by Crippen LogP contribution is 2.18. The monoisotopic (exact) mass is 646 g/mol. The Hall–Kier alpha value is -4.16. The third-order valence-electron chi connectivity index (χ3n) is 6.95. The third kappa shape index (κ3) is 16.8. The van der Waals surface area contributed by atoms with E-state index in [0.29, 0.717) is 31.5 Å². The number of hydrogen-bond donors (Lipinski definition) is 6. The van der Waals surface area contributed by atoms with E-state index in [4.69, 9.17) is 10.5 Å². The minimum absolute atomic E-state index is 0.0240. The van der Waals surface area contributed by atoms with Gasteiger partial charge in [0.15, 0.2) is 0 Å². The molecule has 13 heteroatoms. The number of nitrogens with two attached hydrogens (primary N) is 1. The molecule has 0 aliphatic heterocycles. The van der Waals surface area contributed by atoms with Gasteiger partial charge in [-0.05, 0) is 76.5 Å². The fraction of sp³-hybridized carbons (Fsp3) is 0.636. The Morgan fingerprint density at radius 1 is 0.804 bits per heavy atom. The number of amides is 6. The first-order chi connectivity index (χ1) is 21.6. The van der Waals surface area contributed by atoms with Crippen molar-refractivity contribution in [2.24, 2.45) is 17.1 Å². The zero-order chi connectivity index (χ0) is 34.7. The maximum absolute atomic E-state index is 13.3. The van der Waals surface area contributed by atoms with Crippen LogP contribution in [0.25, 0.3) is 0 Å². The van der Waals surface area contributed by atoms with E-state index in [2.05, 4.69) is 26.6 Å². The highest BCUT2D eigenvalue weighted by atomic mass is 16.5. The quantitative estimate of drug-likeness (QED) is 0.0923. The molecule has 0 bridgehead atoms. The van der Waals surface area contributed by atoms with Crippen molar-refractivity contribution >= 4 is 41.3 Å². The van der Waals surface area contributed by atoms with Gasteiger partial charge in [-0.15, -0.1) is 0 Å². The molecule has 0 saturated carbocycles. The van der Waals surface area contributed by atoms with Crippen LogP contribution >= 0.6 is 0 Å².